The maximum absolute atomic E-state index is 14.2. The quantitative estimate of drug-likeness (QED) is 0.642. The van der Waals surface area contributed by atoms with Gasteiger partial charge in [-0.15, -0.1) is 0 Å². The second-order valence-electron chi connectivity index (χ2n) is 5.65. The summed E-state index contributed by atoms with van der Waals surface area (Å²) in [4.78, 5) is 28.4. The van der Waals surface area contributed by atoms with Crippen LogP contribution in [-0.2, 0) is 4.79 Å². The lowest BCUT2D eigenvalue weighted by molar-refractivity contribution is -0.140. The van der Waals surface area contributed by atoms with Gasteiger partial charge in [0.15, 0.2) is 4.80 Å². The van der Waals surface area contributed by atoms with E-state index in [-0.39, 0.29) is 26.5 Å². The van der Waals surface area contributed by atoms with Crippen LogP contribution < -0.4 is 4.80 Å². The van der Waals surface area contributed by atoms with E-state index in [1.54, 1.807) is 13.0 Å². The fraction of sp³-hybridized carbons (Fsp3) is 0.167. The van der Waals surface area contributed by atoms with E-state index >= 15 is 0 Å². The third kappa shape index (κ3) is 3.76. The predicted molar refractivity (Wildman–Crippen MR) is 103 cm³/mol. The molecule has 0 bridgehead atoms. The zero-order valence-electron chi connectivity index (χ0n) is 13.9. The predicted octanol–water partition coefficient (Wildman–Crippen LogP) is 4.93. The fourth-order valence-corrected chi connectivity index (χ4v) is 4.03. The van der Waals surface area contributed by atoms with Gasteiger partial charge < -0.3 is 9.67 Å². The number of aromatic nitrogens is 1. The molecule has 0 saturated carbocycles. The molecule has 0 aliphatic carbocycles. The van der Waals surface area contributed by atoms with Crippen LogP contribution in [0.5, 0.6) is 0 Å². The number of amides is 1. The average Bonchev–Trinajstić information content (AvgIpc) is 2.97. The van der Waals surface area contributed by atoms with Crippen LogP contribution in [0.1, 0.15) is 29.7 Å². The monoisotopic (exact) mass is 426 g/mol. The minimum absolute atomic E-state index is 0.0976. The van der Waals surface area contributed by atoms with Gasteiger partial charge in [0.05, 0.1) is 20.3 Å². The number of aliphatic carboxylic acids is 1. The highest BCUT2D eigenvalue weighted by atomic mass is 35.5. The van der Waals surface area contributed by atoms with E-state index in [0.29, 0.717) is 10.5 Å². The number of carbonyl (C=O) groups is 2. The van der Waals surface area contributed by atoms with E-state index in [1.807, 2.05) is 0 Å². The lowest BCUT2D eigenvalue weighted by Crippen LogP contribution is -2.27. The Morgan fingerprint density at radius 2 is 2.00 bits per heavy atom. The van der Waals surface area contributed by atoms with E-state index in [0.717, 1.165) is 11.3 Å². The summed E-state index contributed by atoms with van der Waals surface area (Å²) in [6.07, 6.45) is 0.242. The Morgan fingerprint density at radius 3 is 2.63 bits per heavy atom. The van der Waals surface area contributed by atoms with Crippen LogP contribution in [-0.4, -0.2) is 21.6 Å². The van der Waals surface area contributed by atoms with Crippen LogP contribution in [0.15, 0.2) is 41.4 Å². The van der Waals surface area contributed by atoms with Crippen LogP contribution in [0.4, 0.5) is 4.39 Å². The molecule has 3 aromatic rings. The van der Waals surface area contributed by atoms with E-state index in [9.17, 15) is 19.1 Å². The topological polar surface area (TPSA) is 71.7 Å². The van der Waals surface area contributed by atoms with Gasteiger partial charge in [-0.1, -0.05) is 47.5 Å². The summed E-state index contributed by atoms with van der Waals surface area (Å²) in [5.41, 5.74) is 0.562. The van der Waals surface area contributed by atoms with Crippen molar-refractivity contribution >= 4 is 56.6 Å². The Bertz CT molecular complexity index is 1120. The highest BCUT2D eigenvalue weighted by molar-refractivity contribution is 7.16. The summed E-state index contributed by atoms with van der Waals surface area (Å²) in [5.74, 6) is -2.23. The first-order valence-corrected chi connectivity index (χ1v) is 9.47. The molecule has 0 radical (unpaired) electrons. The van der Waals surface area contributed by atoms with Crippen molar-refractivity contribution in [1.82, 2.24) is 4.57 Å². The molecule has 0 fully saturated rings. The van der Waals surface area contributed by atoms with Crippen molar-refractivity contribution in [3.8, 4) is 0 Å². The molecule has 5 nitrogen and oxygen atoms in total. The number of benzene rings is 2. The van der Waals surface area contributed by atoms with Gasteiger partial charge in [0.1, 0.15) is 11.9 Å². The molecule has 1 N–H and O–H groups in total. The summed E-state index contributed by atoms with van der Waals surface area (Å²) in [5, 5.41) is 10.0. The normalized spacial score (nSPS) is 13.1. The minimum Gasteiger partial charge on any atom is -0.480 e. The number of rotatable bonds is 4. The Morgan fingerprint density at radius 1 is 1.26 bits per heavy atom. The van der Waals surface area contributed by atoms with Gasteiger partial charge in [0, 0.05) is 5.56 Å². The summed E-state index contributed by atoms with van der Waals surface area (Å²) >= 11 is 12.7. The first-order valence-electron chi connectivity index (χ1n) is 7.90. The van der Waals surface area contributed by atoms with E-state index in [4.69, 9.17) is 23.2 Å². The molecular weight excluding hydrogens is 414 g/mol. The minimum atomic E-state index is -1.09. The Labute approximate surface area is 167 Å². The molecule has 1 atom stereocenters. The zero-order valence-corrected chi connectivity index (χ0v) is 16.3. The number of carboxylic acids is 1. The molecular formula is C18H13Cl2FN2O3S. The maximum Gasteiger partial charge on any atom is 0.326 e. The Balaban J connectivity index is 2.24. The second-order valence-corrected chi connectivity index (χ2v) is 7.44. The lowest BCUT2D eigenvalue weighted by Gasteiger charge is -2.13. The van der Waals surface area contributed by atoms with Gasteiger partial charge in [0.25, 0.3) is 5.91 Å². The molecule has 1 amide bonds. The average molecular weight is 427 g/mol. The number of hydrogen-bond acceptors (Lipinski definition) is 3. The van der Waals surface area contributed by atoms with Crippen LogP contribution in [0.2, 0.25) is 10.0 Å². The molecule has 0 spiro atoms. The molecule has 3 rings (SSSR count). The molecule has 1 heterocycles. The van der Waals surface area contributed by atoms with Gasteiger partial charge in [-0.25, -0.2) is 9.18 Å². The molecule has 140 valence electrons. The fourth-order valence-electron chi connectivity index (χ4n) is 2.66. The van der Waals surface area contributed by atoms with Crippen molar-refractivity contribution in [3.63, 3.8) is 0 Å². The van der Waals surface area contributed by atoms with Crippen molar-refractivity contribution in [1.29, 1.82) is 0 Å². The molecule has 0 saturated heterocycles. The summed E-state index contributed by atoms with van der Waals surface area (Å²) in [7, 11) is 0. The molecule has 27 heavy (non-hydrogen) atoms. The molecule has 0 aliphatic heterocycles. The van der Waals surface area contributed by atoms with Crippen LogP contribution in [0.3, 0.4) is 0 Å². The molecule has 2 aromatic carbocycles. The zero-order chi connectivity index (χ0) is 19.7. The number of nitrogens with zero attached hydrogens (tertiary/aromatic N) is 2. The van der Waals surface area contributed by atoms with Crippen molar-refractivity contribution in [2.24, 2.45) is 4.99 Å². The first-order chi connectivity index (χ1) is 12.8. The number of fused-ring (bicyclic) bond motifs is 1. The van der Waals surface area contributed by atoms with Crippen molar-refractivity contribution < 1.29 is 19.1 Å². The van der Waals surface area contributed by atoms with Crippen LogP contribution >= 0.6 is 34.5 Å². The van der Waals surface area contributed by atoms with E-state index in [1.165, 1.54) is 34.9 Å². The van der Waals surface area contributed by atoms with Gasteiger partial charge in [-0.05, 0) is 36.8 Å². The van der Waals surface area contributed by atoms with Crippen molar-refractivity contribution in [3.05, 3.63) is 62.6 Å². The highest BCUT2D eigenvalue weighted by Gasteiger charge is 2.23. The molecule has 9 heteroatoms. The summed E-state index contributed by atoms with van der Waals surface area (Å²) in [6.45, 7) is 1.69. The van der Waals surface area contributed by atoms with Crippen LogP contribution in [0.25, 0.3) is 10.2 Å². The number of hydrogen-bond donors (Lipinski definition) is 1. The molecule has 0 aliphatic rings. The number of carboxylic acid groups (broad SMARTS) is 1. The first kappa shape index (κ1) is 19.5. The maximum atomic E-state index is 14.2. The SMILES string of the molecule is CCC(C(=O)O)n1c(=NC(=O)c2ccc(Cl)c(Cl)c2)sc2c(F)cccc21. The van der Waals surface area contributed by atoms with Gasteiger partial charge >= 0.3 is 5.97 Å². The number of thiazole rings is 1. The smallest absolute Gasteiger partial charge is 0.326 e. The standard InChI is InChI=1S/C18H13Cl2FN2O3S/c1-2-13(17(25)26)23-14-5-3-4-12(21)15(14)27-18(23)22-16(24)9-6-7-10(19)11(20)8-9/h3-8,13H,2H2,1H3,(H,25,26). The molecule has 1 aromatic heterocycles. The van der Waals surface area contributed by atoms with Gasteiger partial charge in [0.2, 0.25) is 0 Å². The van der Waals surface area contributed by atoms with E-state index in [2.05, 4.69) is 4.99 Å². The van der Waals surface area contributed by atoms with E-state index < -0.39 is 23.7 Å². The second kappa shape index (κ2) is 7.80. The van der Waals surface area contributed by atoms with Crippen molar-refractivity contribution in [2.45, 2.75) is 19.4 Å². The third-order valence-corrected chi connectivity index (χ3v) is 5.77. The third-order valence-electron chi connectivity index (χ3n) is 3.95. The van der Waals surface area contributed by atoms with Gasteiger partial charge in [-0.2, -0.15) is 4.99 Å². The highest BCUT2D eigenvalue weighted by Crippen LogP contribution is 2.26. The number of halogens is 3. The van der Waals surface area contributed by atoms with Crippen LogP contribution in [0, 0.1) is 5.82 Å². The van der Waals surface area contributed by atoms with Crippen molar-refractivity contribution in [2.75, 3.05) is 0 Å². The lowest BCUT2D eigenvalue weighted by atomic mass is 10.2. The molecule has 1 unspecified atom stereocenters. The van der Waals surface area contributed by atoms with Gasteiger partial charge in [-0.3, -0.25) is 4.79 Å². The number of carbonyl (C=O) groups excluding carboxylic acids is 1. The summed E-state index contributed by atoms with van der Waals surface area (Å²) < 4.78 is 15.8. The summed E-state index contributed by atoms with van der Waals surface area (Å²) in [6, 6.07) is 7.69. The largest absolute Gasteiger partial charge is 0.480 e. The Hall–Kier alpha value is -2.22. The Kier molecular flexibility index (Phi) is 5.64.